The maximum atomic E-state index is 14.1. The SMILES string of the molecule is NC1CC(N2Cc3cn(S(=O)(=O)C4CCCC4)nc3C2)CO[C@@H]1c1cc(F)ccc1F. The number of fused-ring (bicyclic) bond motifs is 1. The monoisotopic (exact) mass is 452 g/mol. The van der Waals surface area contributed by atoms with Crippen LogP contribution < -0.4 is 5.73 Å². The van der Waals surface area contributed by atoms with Gasteiger partial charge in [-0.1, -0.05) is 12.8 Å². The van der Waals surface area contributed by atoms with Crippen LogP contribution >= 0.6 is 0 Å². The summed E-state index contributed by atoms with van der Waals surface area (Å²) < 4.78 is 60.3. The third-order valence-corrected chi connectivity index (χ3v) is 8.77. The Bertz CT molecular complexity index is 1060. The molecule has 168 valence electrons. The van der Waals surface area contributed by atoms with Crippen LogP contribution in [0, 0.1) is 11.6 Å². The van der Waals surface area contributed by atoms with E-state index in [2.05, 4.69) is 10.00 Å². The van der Waals surface area contributed by atoms with Crippen molar-refractivity contribution in [3.05, 3.63) is 52.9 Å². The summed E-state index contributed by atoms with van der Waals surface area (Å²) in [7, 11) is -3.44. The third kappa shape index (κ3) is 3.79. The highest BCUT2D eigenvalue weighted by atomic mass is 32.2. The minimum absolute atomic E-state index is 0.00282. The Morgan fingerprint density at radius 2 is 1.94 bits per heavy atom. The molecule has 2 fully saturated rings. The van der Waals surface area contributed by atoms with Crippen LogP contribution in [0.15, 0.2) is 24.4 Å². The lowest BCUT2D eigenvalue weighted by atomic mass is 9.93. The van der Waals surface area contributed by atoms with E-state index in [0.29, 0.717) is 39.0 Å². The minimum atomic E-state index is -3.44. The molecule has 1 aliphatic carbocycles. The van der Waals surface area contributed by atoms with E-state index >= 15 is 0 Å². The summed E-state index contributed by atoms with van der Waals surface area (Å²) in [6, 6.07) is 2.82. The van der Waals surface area contributed by atoms with Gasteiger partial charge in [-0.2, -0.15) is 9.19 Å². The lowest BCUT2D eigenvalue weighted by Crippen LogP contribution is -2.47. The smallest absolute Gasteiger partial charge is 0.256 e. The average molecular weight is 453 g/mol. The molecule has 1 aromatic heterocycles. The van der Waals surface area contributed by atoms with Crippen LogP contribution in [0.1, 0.15) is 55.0 Å². The van der Waals surface area contributed by atoms with E-state index in [1.54, 1.807) is 6.20 Å². The molecule has 10 heteroatoms. The maximum absolute atomic E-state index is 14.1. The highest BCUT2D eigenvalue weighted by Crippen LogP contribution is 2.34. The van der Waals surface area contributed by atoms with Crippen LogP contribution in [0.5, 0.6) is 0 Å². The van der Waals surface area contributed by atoms with Crippen molar-refractivity contribution >= 4 is 10.0 Å². The molecule has 2 aromatic rings. The van der Waals surface area contributed by atoms with Crippen LogP contribution in [-0.2, 0) is 27.8 Å². The standard InChI is InChI=1S/C21H26F2N4O3S/c22-14-5-6-18(23)17(7-14)21-19(24)8-15(12-30-21)26-9-13-10-27(25-20(13)11-26)31(28,29)16-3-1-2-4-16/h5-7,10,15-16,19,21H,1-4,8-9,11-12,24H2/t15?,19?,21-/m1/s1. The molecule has 3 heterocycles. The van der Waals surface area contributed by atoms with Gasteiger partial charge in [-0.05, 0) is 37.5 Å². The molecule has 1 aromatic carbocycles. The van der Waals surface area contributed by atoms with Crippen LogP contribution in [-0.4, -0.2) is 46.4 Å². The molecule has 0 amide bonds. The molecule has 7 nitrogen and oxygen atoms in total. The quantitative estimate of drug-likeness (QED) is 0.767. The Morgan fingerprint density at radius 1 is 1.16 bits per heavy atom. The van der Waals surface area contributed by atoms with Crippen LogP contribution in [0.25, 0.3) is 0 Å². The van der Waals surface area contributed by atoms with Crippen molar-refractivity contribution in [2.24, 2.45) is 5.73 Å². The molecule has 3 atom stereocenters. The van der Waals surface area contributed by atoms with Crippen molar-refractivity contribution in [1.82, 2.24) is 14.1 Å². The second-order valence-corrected chi connectivity index (χ2v) is 10.9. The third-order valence-electron chi connectivity index (χ3n) is 6.75. The molecular formula is C21H26F2N4O3S. The van der Waals surface area contributed by atoms with Gasteiger partial charge in [0.25, 0.3) is 10.0 Å². The van der Waals surface area contributed by atoms with Gasteiger partial charge in [-0.15, -0.1) is 0 Å². The Labute approximate surface area is 180 Å². The van der Waals surface area contributed by atoms with Gasteiger partial charge >= 0.3 is 0 Å². The fraction of sp³-hybridized carbons (Fsp3) is 0.571. The number of benzene rings is 1. The number of hydrogen-bond donors (Lipinski definition) is 1. The normalized spacial score (nSPS) is 27.6. The minimum Gasteiger partial charge on any atom is -0.370 e. The van der Waals surface area contributed by atoms with Crippen LogP contribution in [0.4, 0.5) is 8.78 Å². The first-order chi connectivity index (χ1) is 14.8. The second kappa shape index (κ2) is 7.91. The molecule has 5 rings (SSSR count). The molecule has 2 N–H and O–H groups in total. The zero-order chi connectivity index (χ0) is 21.8. The van der Waals surface area contributed by atoms with Crippen LogP contribution in [0.3, 0.4) is 0 Å². The van der Waals surface area contributed by atoms with Gasteiger partial charge in [0.05, 0.1) is 17.6 Å². The first kappa shape index (κ1) is 21.0. The summed E-state index contributed by atoms with van der Waals surface area (Å²) >= 11 is 0. The molecule has 2 aliphatic heterocycles. The first-order valence-electron chi connectivity index (χ1n) is 10.7. The van der Waals surface area contributed by atoms with Gasteiger partial charge in [-0.25, -0.2) is 17.2 Å². The van der Waals surface area contributed by atoms with Gasteiger partial charge in [0, 0.05) is 42.5 Å². The van der Waals surface area contributed by atoms with E-state index in [0.717, 1.165) is 46.4 Å². The number of rotatable bonds is 4. The second-order valence-electron chi connectivity index (χ2n) is 8.80. The predicted molar refractivity (Wildman–Crippen MR) is 109 cm³/mol. The Kier molecular flexibility index (Phi) is 5.36. The first-order valence-corrected chi connectivity index (χ1v) is 12.2. The van der Waals surface area contributed by atoms with E-state index in [4.69, 9.17) is 10.5 Å². The fourth-order valence-electron chi connectivity index (χ4n) is 5.03. The van der Waals surface area contributed by atoms with Gasteiger partial charge in [-0.3, -0.25) is 4.90 Å². The summed E-state index contributed by atoms with van der Waals surface area (Å²) in [6.07, 6.45) is 4.79. The number of ether oxygens (including phenoxy) is 1. The Balaban J connectivity index is 1.25. The molecule has 1 saturated heterocycles. The van der Waals surface area contributed by atoms with E-state index in [1.807, 2.05) is 0 Å². The molecular weight excluding hydrogens is 426 g/mol. The number of aromatic nitrogens is 2. The number of nitrogens with two attached hydrogens (primary N) is 1. The molecule has 0 spiro atoms. The van der Waals surface area contributed by atoms with Crippen molar-refractivity contribution in [2.75, 3.05) is 6.61 Å². The predicted octanol–water partition coefficient (Wildman–Crippen LogP) is 2.45. The number of hydrogen-bond acceptors (Lipinski definition) is 6. The van der Waals surface area contributed by atoms with Crippen molar-refractivity contribution < 1.29 is 21.9 Å². The van der Waals surface area contributed by atoms with E-state index in [-0.39, 0.29) is 16.9 Å². The van der Waals surface area contributed by atoms with E-state index in [1.165, 1.54) is 0 Å². The van der Waals surface area contributed by atoms with Crippen molar-refractivity contribution in [1.29, 1.82) is 0 Å². The summed E-state index contributed by atoms with van der Waals surface area (Å²) in [5, 5.41) is 4.04. The van der Waals surface area contributed by atoms with Gasteiger partial charge in [0.15, 0.2) is 0 Å². The highest BCUT2D eigenvalue weighted by molar-refractivity contribution is 7.90. The summed E-state index contributed by atoms with van der Waals surface area (Å²) in [4.78, 5) is 2.15. The van der Waals surface area contributed by atoms with Gasteiger partial charge in [0.2, 0.25) is 0 Å². The maximum Gasteiger partial charge on any atom is 0.256 e. The van der Waals surface area contributed by atoms with Crippen LogP contribution in [0.2, 0.25) is 0 Å². The molecule has 2 unspecified atom stereocenters. The Hall–Kier alpha value is -1.88. The fourth-order valence-corrected chi connectivity index (χ4v) is 6.75. The van der Waals surface area contributed by atoms with Gasteiger partial charge < -0.3 is 10.5 Å². The molecule has 0 radical (unpaired) electrons. The van der Waals surface area contributed by atoms with Crippen molar-refractivity contribution in [3.8, 4) is 0 Å². The molecule has 0 bridgehead atoms. The molecule has 31 heavy (non-hydrogen) atoms. The van der Waals surface area contributed by atoms with Gasteiger partial charge in [0.1, 0.15) is 17.7 Å². The number of nitrogens with zero attached hydrogens (tertiary/aromatic N) is 3. The van der Waals surface area contributed by atoms with E-state index in [9.17, 15) is 17.2 Å². The summed E-state index contributed by atoms with van der Waals surface area (Å²) in [6.45, 7) is 1.41. The number of halogens is 2. The zero-order valence-electron chi connectivity index (χ0n) is 17.1. The summed E-state index contributed by atoms with van der Waals surface area (Å²) in [5.41, 5.74) is 8.08. The van der Waals surface area contributed by atoms with Crippen molar-refractivity contribution in [2.45, 2.75) is 68.6 Å². The van der Waals surface area contributed by atoms with Crippen molar-refractivity contribution in [3.63, 3.8) is 0 Å². The largest absolute Gasteiger partial charge is 0.370 e. The highest BCUT2D eigenvalue weighted by Gasteiger charge is 2.38. The Morgan fingerprint density at radius 3 is 2.65 bits per heavy atom. The summed E-state index contributed by atoms with van der Waals surface area (Å²) in [5.74, 6) is -1.05. The molecule has 3 aliphatic rings. The lowest BCUT2D eigenvalue weighted by Gasteiger charge is -2.38. The molecule has 1 saturated carbocycles. The topological polar surface area (TPSA) is 90.5 Å². The average Bonchev–Trinajstić information content (AvgIpc) is 3.46. The van der Waals surface area contributed by atoms with E-state index < -0.39 is 33.8 Å². The zero-order valence-corrected chi connectivity index (χ0v) is 17.9. The lowest BCUT2D eigenvalue weighted by molar-refractivity contribution is -0.0533.